The highest BCUT2D eigenvalue weighted by atomic mass is 16.5. The number of benzene rings is 2. The molecule has 0 radical (unpaired) electrons. The molecule has 1 aliphatic rings. The summed E-state index contributed by atoms with van der Waals surface area (Å²) < 4.78 is 11.1. The molecule has 4 rings (SSSR count). The molecule has 1 aliphatic heterocycles. The van der Waals surface area contributed by atoms with Gasteiger partial charge in [-0.1, -0.05) is 18.2 Å². The lowest BCUT2D eigenvalue weighted by Crippen LogP contribution is -2.35. The second kappa shape index (κ2) is 5.41. The molecule has 0 unspecified atom stereocenters. The van der Waals surface area contributed by atoms with Crippen molar-refractivity contribution in [3.63, 3.8) is 0 Å². The van der Waals surface area contributed by atoms with Crippen molar-refractivity contribution in [3.05, 3.63) is 59.4 Å². The van der Waals surface area contributed by atoms with E-state index in [1.807, 2.05) is 48.2 Å². The Morgan fingerprint density at radius 1 is 1.25 bits per heavy atom. The van der Waals surface area contributed by atoms with Gasteiger partial charge in [-0.05, 0) is 50.1 Å². The Balaban J connectivity index is 1.86. The van der Waals surface area contributed by atoms with E-state index in [-0.39, 0.29) is 11.9 Å². The SMILES string of the molecule is COc1ccc2oc(C)c(C(=O)N3c4ccccc4C[C@@H]3C)c2c1. The van der Waals surface area contributed by atoms with Crippen molar-refractivity contribution in [2.75, 3.05) is 12.0 Å². The van der Waals surface area contributed by atoms with E-state index < -0.39 is 0 Å². The van der Waals surface area contributed by atoms with Gasteiger partial charge in [-0.3, -0.25) is 4.79 Å². The summed E-state index contributed by atoms with van der Waals surface area (Å²) in [5.41, 5.74) is 3.53. The van der Waals surface area contributed by atoms with Crippen LogP contribution in [0.2, 0.25) is 0 Å². The highest BCUT2D eigenvalue weighted by molar-refractivity contribution is 6.15. The van der Waals surface area contributed by atoms with Gasteiger partial charge in [0.05, 0.1) is 12.7 Å². The van der Waals surface area contributed by atoms with E-state index in [0.717, 1.165) is 17.5 Å². The topological polar surface area (TPSA) is 42.7 Å². The van der Waals surface area contributed by atoms with Crippen LogP contribution in [0.5, 0.6) is 5.75 Å². The van der Waals surface area contributed by atoms with Gasteiger partial charge < -0.3 is 14.1 Å². The number of anilines is 1. The first kappa shape index (κ1) is 14.8. The number of hydrogen-bond donors (Lipinski definition) is 0. The predicted octanol–water partition coefficient (Wildman–Crippen LogP) is 4.34. The molecule has 0 saturated carbocycles. The van der Waals surface area contributed by atoms with Crippen molar-refractivity contribution in [2.24, 2.45) is 0 Å². The summed E-state index contributed by atoms with van der Waals surface area (Å²) in [6, 6.07) is 13.8. The maximum Gasteiger partial charge on any atom is 0.262 e. The van der Waals surface area contributed by atoms with Gasteiger partial charge in [0.15, 0.2) is 0 Å². The average Bonchev–Trinajstić information content (AvgIpc) is 3.08. The Hall–Kier alpha value is -2.75. The largest absolute Gasteiger partial charge is 0.497 e. The van der Waals surface area contributed by atoms with Crippen LogP contribution < -0.4 is 9.64 Å². The van der Waals surface area contributed by atoms with E-state index in [1.165, 1.54) is 5.56 Å². The number of fused-ring (bicyclic) bond motifs is 2. The van der Waals surface area contributed by atoms with E-state index in [4.69, 9.17) is 9.15 Å². The summed E-state index contributed by atoms with van der Waals surface area (Å²) in [6.45, 7) is 3.92. The maximum absolute atomic E-state index is 13.3. The van der Waals surface area contributed by atoms with Gasteiger partial charge >= 0.3 is 0 Å². The van der Waals surface area contributed by atoms with Crippen LogP contribution in [-0.4, -0.2) is 19.1 Å². The zero-order valence-electron chi connectivity index (χ0n) is 14.0. The molecule has 0 fully saturated rings. The van der Waals surface area contributed by atoms with E-state index in [2.05, 4.69) is 13.0 Å². The third-order valence-corrected chi connectivity index (χ3v) is 4.71. The molecule has 0 bridgehead atoms. The summed E-state index contributed by atoms with van der Waals surface area (Å²) in [5.74, 6) is 1.34. The number of rotatable bonds is 2. The van der Waals surface area contributed by atoms with Crippen LogP contribution in [0.4, 0.5) is 5.69 Å². The average molecular weight is 321 g/mol. The molecule has 2 heterocycles. The van der Waals surface area contributed by atoms with Crippen molar-refractivity contribution < 1.29 is 13.9 Å². The maximum atomic E-state index is 13.3. The van der Waals surface area contributed by atoms with Crippen LogP contribution in [0.3, 0.4) is 0 Å². The van der Waals surface area contributed by atoms with Gasteiger partial charge in [-0.25, -0.2) is 0 Å². The monoisotopic (exact) mass is 321 g/mol. The Kier molecular flexibility index (Phi) is 3.34. The zero-order valence-corrected chi connectivity index (χ0v) is 14.0. The number of ether oxygens (including phenoxy) is 1. The number of carbonyl (C=O) groups excluding carboxylic acids is 1. The number of methoxy groups -OCH3 is 1. The molecule has 4 heteroatoms. The summed E-state index contributed by atoms with van der Waals surface area (Å²) in [5, 5.41) is 0.799. The molecule has 24 heavy (non-hydrogen) atoms. The Bertz CT molecular complexity index is 941. The van der Waals surface area contributed by atoms with Crippen molar-refractivity contribution in [3.8, 4) is 5.75 Å². The summed E-state index contributed by atoms with van der Waals surface area (Å²) in [4.78, 5) is 15.2. The molecule has 1 atom stereocenters. The van der Waals surface area contributed by atoms with Crippen LogP contribution >= 0.6 is 0 Å². The molecule has 3 aromatic rings. The fourth-order valence-corrected chi connectivity index (χ4v) is 3.59. The second-order valence-corrected chi connectivity index (χ2v) is 6.25. The molecule has 2 aromatic carbocycles. The van der Waals surface area contributed by atoms with Gasteiger partial charge in [0.25, 0.3) is 5.91 Å². The van der Waals surface area contributed by atoms with E-state index in [1.54, 1.807) is 7.11 Å². The molecular weight excluding hydrogens is 302 g/mol. The normalized spacial score (nSPS) is 16.5. The first-order valence-electron chi connectivity index (χ1n) is 8.08. The molecule has 0 N–H and O–H groups in total. The second-order valence-electron chi connectivity index (χ2n) is 6.25. The highest BCUT2D eigenvalue weighted by Crippen LogP contribution is 2.36. The van der Waals surface area contributed by atoms with Gasteiger partial charge in [-0.15, -0.1) is 0 Å². The van der Waals surface area contributed by atoms with Gasteiger partial charge in [0.2, 0.25) is 0 Å². The molecule has 4 nitrogen and oxygen atoms in total. The number of para-hydroxylation sites is 1. The van der Waals surface area contributed by atoms with E-state index in [9.17, 15) is 4.79 Å². The quantitative estimate of drug-likeness (QED) is 0.705. The number of carbonyl (C=O) groups is 1. The molecule has 0 spiro atoms. The van der Waals surface area contributed by atoms with Crippen molar-refractivity contribution in [2.45, 2.75) is 26.3 Å². The van der Waals surface area contributed by atoms with Crippen molar-refractivity contribution >= 4 is 22.6 Å². The van der Waals surface area contributed by atoms with Crippen LogP contribution in [0.15, 0.2) is 46.9 Å². The summed E-state index contributed by atoms with van der Waals surface area (Å²) in [6.07, 6.45) is 0.875. The third-order valence-electron chi connectivity index (χ3n) is 4.71. The lowest BCUT2D eigenvalue weighted by Gasteiger charge is -2.22. The van der Waals surface area contributed by atoms with Gasteiger partial charge in [-0.2, -0.15) is 0 Å². The zero-order chi connectivity index (χ0) is 16.8. The minimum atomic E-state index is -0.0167. The molecule has 0 aliphatic carbocycles. The van der Waals surface area contributed by atoms with Crippen molar-refractivity contribution in [1.29, 1.82) is 0 Å². The Labute approximate surface area is 140 Å². The van der Waals surface area contributed by atoms with E-state index >= 15 is 0 Å². The fraction of sp³-hybridized carbons (Fsp3) is 0.250. The number of hydrogen-bond acceptors (Lipinski definition) is 3. The number of nitrogens with zero attached hydrogens (tertiary/aromatic N) is 1. The number of amides is 1. The van der Waals surface area contributed by atoms with Gasteiger partial charge in [0.1, 0.15) is 17.1 Å². The Morgan fingerprint density at radius 3 is 2.83 bits per heavy atom. The van der Waals surface area contributed by atoms with Crippen LogP contribution in [0, 0.1) is 6.92 Å². The molecule has 0 saturated heterocycles. The first-order chi connectivity index (χ1) is 11.6. The first-order valence-corrected chi connectivity index (χ1v) is 8.08. The molecule has 1 aromatic heterocycles. The Morgan fingerprint density at radius 2 is 2.04 bits per heavy atom. The fourth-order valence-electron chi connectivity index (χ4n) is 3.59. The van der Waals surface area contributed by atoms with E-state index in [0.29, 0.717) is 22.7 Å². The number of aryl methyl sites for hydroxylation is 1. The summed E-state index contributed by atoms with van der Waals surface area (Å²) >= 11 is 0. The van der Waals surface area contributed by atoms with Crippen LogP contribution in [0.1, 0.15) is 28.6 Å². The summed E-state index contributed by atoms with van der Waals surface area (Å²) in [7, 11) is 1.62. The highest BCUT2D eigenvalue weighted by Gasteiger charge is 2.33. The van der Waals surface area contributed by atoms with Crippen LogP contribution in [-0.2, 0) is 6.42 Å². The molecule has 122 valence electrons. The number of furan rings is 1. The van der Waals surface area contributed by atoms with Gasteiger partial charge in [0, 0.05) is 17.1 Å². The predicted molar refractivity (Wildman–Crippen MR) is 93.9 cm³/mol. The van der Waals surface area contributed by atoms with Crippen molar-refractivity contribution in [1.82, 2.24) is 0 Å². The standard InChI is InChI=1S/C20H19NO3/c1-12-10-14-6-4-5-7-17(14)21(12)20(22)19-13(2)24-18-9-8-15(23-3)11-16(18)19/h4-9,11-12H,10H2,1-3H3/t12-/m0/s1. The smallest absolute Gasteiger partial charge is 0.262 e. The van der Waals surface area contributed by atoms with Crippen LogP contribution in [0.25, 0.3) is 11.0 Å². The molecular formula is C20H19NO3. The minimum Gasteiger partial charge on any atom is -0.497 e. The lowest BCUT2D eigenvalue weighted by atomic mass is 10.1. The third kappa shape index (κ3) is 2.10. The molecule has 1 amide bonds. The minimum absolute atomic E-state index is 0.0167. The lowest BCUT2D eigenvalue weighted by molar-refractivity contribution is 0.0981.